The topological polar surface area (TPSA) is 21.3 Å². The maximum absolute atomic E-state index is 5.16. The molecule has 0 aliphatic heterocycles. The Hall–Kier alpha value is -0.380. The summed E-state index contributed by atoms with van der Waals surface area (Å²) in [5, 5.41) is 3.62. The van der Waals surface area contributed by atoms with Crippen LogP contribution in [0.2, 0.25) is 0 Å². The highest BCUT2D eigenvalue weighted by Gasteiger charge is 2.55. The molecule has 0 atom stereocenters. The molecule has 1 aromatic rings. The first kappa shape index (κ1) is 15.5. The Balaban J connectivity index is 1.75. The smallest absolute Gasteiger partial charge is 0.0587 e. The van der Waals surface area contributed by atoms with Gasteiger partial charge in [-0.05, 0) is 42.7 Å². The van der Waals surface area contributed by atoms with Crippen molar-refractivity contribution in [3.05, 3.63) is 34.3 Å². The molecule has 1 spiro atoms. The molecule has 0 saturated heterocycles. The lowest BCUT2D eigenvalue weighted by Gasteiger charge is -2.56. The predicted molar refractivity (Wildman–Crippen MR) is 90.7 cm³/mol. The zero-order valence-electron chi connectivity index (χ0n) is 13.0. The van der Waals surface area contributed by atoms with Crippen molar-refractivity contribution in [1.82, 2.24) is 5.32 Å². The van der Waals surface area contributed by atoms with Gasteiger partial charge in [0.25, 0.3) is 0 Å². The summed E-state index contributed by atoms with van der Waals surface area (Å²) in [6, 6.07) is 8.79. The average Bonchev–Trinajstić information content (AvgIpc) is 2.92. The van der Waals surface area contributed by atoms with E-state index in [0.29, 0.717) is 10.8 Å². The van der Waals surface area contributed by atoms with Gasteiger partial charge in [0.05, 0.1) is 6.61 Å². The quantitative estimate of drug-likeness (QED) is 0.772. The van der Waals surface area contributed by atoms with Gasteiger partial charge in [0.1, 0.15) is 0 Å². The molecule has 3 rings (SSSR count). The number of rotatable bonds is 6. The van der Waals surface area contributed by atoms with Crippen LogP contribution in [0.25, 0.3) is 0 Å². The third kappa shape index (κ3) is 3.06. The van der Waals surface area contributed by atoms with E-state index in [-0.39, 0.29) is 0 Å². The van der Waals surface area contributed by atoms with Crippen molar-refractivity contribution in [2.75, 3.05) is 26.8 Å². The maximum atomic E-state index is 5.16. The van der Waals surface area contributed by atoms with E-state index >= 15 is 0 Å². The van der Waals surface area contributed by atoms with Gasteiger partial charge in [-0.2, -0.15) is 0 Å². The van der Waals surface area contributed by atoms with Crippen LogP contribution in [-0.4, -0.2) is 26.8 Å². The highest BCUT2D eigenvalue weighted by Crippen LogP contribution is 2.63. The van der Waals surface area contributed by atoms with Crippen LogP contribution in [0.4, 0.5) is 0 Å². The molecular weight excluding hydrogens is 326 g/mol. The summed E-state index contributed by atoms with van der Waals surface area (Å²) in [6.45, 7) is 2.80. The van der Waals surface area contributed by atoms with E-state index in [2.05, 4.69) is 45.5 Å². The molecule has 0 amide bonds. The molecule has 2 aliphatic rings. The molecular formula is C18H26BrNO. The van der Waals surface area contributed by atoms with Gasteiger partial charge in [-0.1, -0.05) is 47.0 Å². The van der Waals surface area contributed by atoms with Crippen LogP contribution in [0.3, 0.4) is 0 Å². The molecule has 1 aromatic carbocycles. The number of ether oxygens (including phenoxy) is 1. The van der Waals surface area contributed by atoms with Gasteiger partial charge in [0.15, 0.2) is 0 Å². The Morgan fingerprint density at radius 2 is 1.90 bits per heavy atom. The van der Waals surface area contributed by atoms with Crippen LogP contribution in [0, 0.1) is 5.41 Å². The molecule has 2 nitrogen and oxygen atoms in total. The number of nitrogens with one attached hydrogen (secondary N) is 1. The van der Waals surface area contributed by atoms with Gasteiger partial charge in [0, 0.05) is 30.1 Å². The number of benzene rings is 1. The first-order valence-corrected chi connectivity index (χ1v) is 8.94. The Morgan fingerprint density at radius 3 is 2.57 bits per heavy atom. The minimum absolute atomic E-state index is 0.318. The number of methoxy groups -OCH3 is 1. The standard InChI is InChI=1S/C18H26BrNO/c1-21-11-10-20-14-18(15-6-2-3-7-16(15)19)12-17(13-18)8-4-5-9-17/h2-3,6-7,20H,4-5,8-14H2,1H3. The van der Waals surface area contributed by atoms with E-state index in [1.54, 1.807) is 7.11 Å². The number of hydrogen-bond acceptors (Lipinski definition) is 2. The molecule has 21 heavy (non-hydrogen) atoms. The second-order valence-electron chi connectivity index (χ2n) is 6.99. The lowest BCUT2D eigenvalue weighted by Crippen LogP contribution is -2.54. The lowest BCUT2D eigenvalue weighted by atomic mass is 9.49. The van der Waals surface area contributed by atoms with E-state index in [1.165, 1.54) is 48.6 Å². The summed E-state index contributed by atoms with van der Waals surface area (Å²) < 4.78 is 6.43. The third-order valence-corrected chi connectivity index (χ3v) is 6.17. The number of hydrogen-bond donors (Lipinski definition) is 1. The van der Waals surface area contributed by atoms with Crippen molar-refractivity contribution in [3.8, 4) is 0 Å². The molecule has 2 fully saturated rings. The average molecular weight is 352 g/mol. The molecule has 1 N–H and O–H groups in total. The molecule has 0 bridgehead atoms. The Labute approximate surface area is 136 Å². The minimum Gasteiger partial charge on any atom is -0.383 e. The van der Waals surface area contributed by atoms with E-state index in [9.17, 15) is 0 Å². The monoisotopic (exact) mass is 351 g/mol. The summed E-state index contributed by atoms with van der Waals surface area (Å²) in [7, 11) is 1.77. The molecule has 0 aromatic heterocycles. The van der Waals surface area contributed by atoms with Crippen LogP contribution in [0.15, 0.2) is 28.7 Å². The fourth-order valence-electron chi connectivity index (χ4n) is 4.67. The van der Waals surface area contributed by atoms with Gasteiger partial charge in [0.2, 0.25) is 0 Å². The van der Waals surface area contributed by atoms with Crippen LogP contribution in [-0.2, 0) is 10.2 Å². The molecule has 3 heteroatoms. The lowest BCUT2D eigenvalue weighted by molar-refractivity contribution is 0.0256. The fraction of sp³-hybridized carbons (Fsp3) is 0.667. The molecule has 0 heterocycles. The van der Waals surface area contributed by atoms with Crippen molar-refractivity contribution in [2.45, 2.75) is 43.9 Å². The van der Waals surface area contributed by atoms with E-state index < -0.39 is 0 Å². The Morgan fingerprint density at radius 1 is 1.19 bits per heavy atom. The fourth-order valence-corrected chi connectivity index (χ4v) is 5.37. The molecule has 0 radical (unpaired) electrons. The largest absolute Gasteiger partial charge is 0.383 e. The Kier molecular flexibility index (Phi) is 4.72. The summed E-state index contributed by atoms with van der Waals surface area (Å²) in [6.07, 6.45) is 8.45. The summed E-state index contributed by atoms with van der Waals surface area (Å²) in [4.78, 5) is 0. The van der Waals surface area contributed by atoms with Crippen LogP contribution in [0.1, 0.15) is 44.1 Å². The molecule has 0 unspecified atom stereocenters. The van der Waals surface area contributed by atoms with Crippen LogP contribution >= 0.6 is 15.9 Å². The van der Waals surface area contributed by atoms with Gasteiger partial charge in [-0.3, -0.25) is 0 Å². The van der Waals surface area contributed by atoms with Crippen molar-refractivity contribution in [1.29, 1.82) is 0 Å². The van der Waals surface area contributed by atoms with Crippen molar-refractivity contribution < 1.29 is 4.74 Å². The zero-order valence-corrected chi connectivity index (χ0v) is 14.5. The van der Waals surface area contributed by atoms with E-state index in [4.69, 9.17) is 4.74 Å². The van der Waals surface area contributed by atoms with Gasteiger partial charge >= 0.3 is 0 Å². The number of halogens is 1. The minimum atomic E-state index is 0.318. The Bertz CT molecular complexity index is 474. The second-order valence-corrected chi connectivity index (χ2v) is 7.84. The first-order valence-electron chi connectivity index (χ1n) is 8.15. The maximum Gasteiger partial charge on any atom is 0.0587 e. The van der Waals surface area contributed by atoms with Crippen LogP contribution in [0.5, 0.6) is 0 Å². The van der Waals surface area contributed by atoms with Gasteiger partial charge in [-0.15, -0.1) is 0 Å². The highest BCUT2D eigenvalue weighted by atomic mass is 79.9. The molecule has 2 saturated carbocycles. The normalized spacial score (nSPS) is 22.4. The van der Waals surface area contributed by atoms with Crippen molar-refractivity contribution in [2.24, 2.45) is 5.41 Å². The van der Waals surface area contributed by atoms with E-state index in [1.807, 2.05) is 0 Å². The van der Waals surface area contributed by atoms with Gasteiger partial charge < -0.3 is 10.1 Å². The van der Waals surface area contributed by atoms with E-state index in [0.717, 1.165) is 19.7 Å². The summed E-state index contributed by atoms with van der Waals surface area (Å²) >= 11 is 3.77. The summed E-state index contributed by atoms with van der Waals surface area (Å²) in [5.41, 5.74) is 2.46. The molecule has 2 aliphatic carbocycles. The first-order chi connectivity index (χ1) is 10.2. The van der Waals surface area contributed by atoms with Gasteiger partial charge in [-0.25, -0.2) is 0 Å². The second kappa shape index (κ2) is 6.39. The zero-order chi connectivity index (χ0) is 14.8. The van der Waals surface area contributed by atoms with Crippen molar-refractivity contribution >= 4 is 15.9 Å². The SMILES string of the molecule is COCCNCC1(c2ccccc2Br)CC2(CCCC2)C1. The van der Waals surface area contributed by atoms with Crippen molar-refractivity contribution in [3.63, 3.8) is 0 Å². The third-order valence-electron chi connectivity index (χ3n) is 5.48. The molecule has 116 valence electrons. The summed E-state index contributed by atoms with van der Waals surface area (Å²) in [5.74, 6) is 0. The highest BCUT2D eigenvalue weighted by molar-refractivity contribution is 9.10. The predicted octanol–water partition coefficient (Wildman–Crippen LogP) is 4.28. The van der Waals surface area contributed by atoms with Crippen LogP contribution < -0.4 is 5.32 Å².